The van der Waals surface area contributed by atoms with Crippen molar-refractivity contribution >= 4 is 10.8 Å². The topological polar surface area (TPSA) is 54.4 Å². The van der Waals surface area contributed by atoms with Gasteiger partial charge < -0.3 is 19.3 Å². The van der Waals surface area contributed by atoms with E-state index < -0.39 is 6.10 Å². The summed E-state index contributed by atoms with van der Waals surface area (Å²) in [5.74, 6) is 2.46. The Labute approximate surface area is 182 Å². The first kappa shape index (κ1) is 20.1. The molecule has 0 aliphatic carbocycles. The number of hydrogen-bond acceptors (Lipinski definition) is 6. The second-order valence-electron chi connectivity index (χ2n) is 8.24. The molecule has 2 heterocycles. The molecule has 31 heavy (non-hydrogen) atoms. The molecule has 2 aliphatic rings. The summed E-state index contributed by atoms with van der Waals surface area (Å²) in [6, 6.07) is 20.4. The molecule has 2 aliphatic heterocycles. The molecule has 0 spiro atoms. The number of rotatable bonds is 7. The summed E-state index contributed by atoms with van der Waals surface area (Å²) in [7, 11) is 0. The van der Waals surface area contributed by atoms with Crippen molar-refractivity contribution in [1.29, 1.82) is 0 Å². The summed E-state index contributed by atoms with van der Waals surface area (Å²) in [6.45, 7) is 5.98. The van der Waals surface area contributed by atoms with Crippen molar-refractivity contribution in [3.8, 4) is 17.2 Å². The highest BCUT2D eigenvalue weighted by molar-refractivity contribution is 5.83. The average molecular weight is 421 g/mol. The van der Waals surface area contributed by atoms with Crippen LogP contribution in [0.2, 0.25) is 0 Å². The molecule has 0 radical (unpaired) electrons. The Morgan fingerprint density at radius 3 is 2.48 bits per heavy atom. The Morgan fingerprint density at radius 2 is 1.61 bits per heavy atom. The summed E-state index contributed by atoms with van der Waals surface area (Å²) in [4.78, 5) is 4.75. The van der Waals surface area contributed by atoms with Gasteiger partial charge in [0, 0.05) is 39.3 Å². The van der Waals surface area contributed by atoms with Gasteiger partial charge in [0.05, 0.1) is 0 Å². The summed E-state index contributed by atoms with van der Waals surface area (Å²) < 4.78 is 16.7. The van der Waals surface area contributed by atoms with Gasteiger partial charge in [-0.3, -0.25) is 9.80 Å². The van der Waals surface area contributed by atoms with E-state index in [0.29, 0.717) is 19.9 Å². The molecule has 6 heteroatoms. The van der Waals surface area contributed by atoms with Gasteiger partial charge in [0.25, 0.3) is 0 Å². The van der Waals surface area contributed by atoms with Gasteiger partial charge in [0.2, 0.25) is 6.79 Å². The third-order valence-corrected chi connectivity index (χ3v) is 5.94. The molecule has 0 unspecified atom stereocenters. The third-order valence-electron chi connectivity index (χ3n) is 5.94. The molecule has 1 fully saturated rings. The van der Waals surface area contributed by atoms with E-state index in [4.69, 9.17) is 14.2 Å². The minimum atomic E-state index is -0.508. The molecule has 0 saturated carbocycles. The summed E-state index contributed by atoms with van der Waals surface area (Å²) in [5, 5.41) is 12.8. The highest BCUT2D eigenvalue weighted by Crippen LogP contribution is 2.32. The molecule has 0 aromatic heterocycles. The molecule has 1 saturated heterocycles. The maximum Gasteiger partial charge on any atom is 0.231 e. The minimum Gasteiger partial charge on any atom is -0.491 e. The van der Waals surface area contributed by atoms with Gasteiger partial charge >= 0.3 is 0 Å². The van der Waals surface area contributed by atoms with E-state index in [0.717, 1.165) is 55.4 Å². The van der Waals surface area contributed by atoms with Crippen LogP contribution in [-0.2, 0) is 6.54 Å². The highest BCUT2D eigenvalue weighted by Gasteiger charge is 2.21. The lowest BCUT2D eigenvalue weighted by Crippen LogP contribution is -2.48. The Bertz CT molecular complexity index is 1030. The van der Waals surface area contributed by atoms with Crippen LogP contribution in [0.5, 0.6) is 17.2 Å². The molecule has 1 atom stereocenters. The van der Waals surface area contributed by atoms with Gasteiger partial charge in [-0.25, -0.2) is 0 Å². The number of ether oxygens (including phenoxy) is 3. The molecular formula is C25H28N2O4. The fourth-order valence-electron chi connectivity index (χ4n) is 4.23. The van der Waals surface area contributed by atoms with Crippen LogP contribution in [0.25, 0.3) is 10.8 Å². The lowest BCUT2D eigenvalue weighted by molar-refractivity contribution is 0.0446. The van der Waals surface area contributed by atoms with E-state index in [1.54, 1.807) is 0 Å². The quantitative estimate of drug-likeness (QED) is 0.634. The van der Waals surface area contributed by atoms with Crippen LogP contribution in [0, 0.1) is 0 Å². The van der Waals surface area contributed by atoms with Crippen molar-refractivity contribution in [2.24, 2.45) is 0 Å². The number of benzene rings is 3. The first-order valence-corrected chi connectivity index (χ1v) is 10.9. The second-order valence-corrected chi connectivity index (χ2v) is 8.24. The predicted octanol–water partition coefficient (Wildman–Crippen LogP) is 3.13. The summed E-state index contributed by atoms with van der Waals surface area (Å²) in [6.07, 6.45) is -0.508. The lowest BCUT2D eigenvalue weighted by atomic mass is 10.1. The molecule has 6 nitrogen and oxygen atoms in total. The van der Waals surface area contributed by atoms with E-state index in [9.17, 15) is 5.11 Å². The van der Waals surface area contributed by atoms with Gasteiger partial charge in [0.15, 0.2) is 11.5 Å². The van der Waals surface area contributed by atoms with Crippen molar-refractivity contribution in [1.82, 2.24) is 9.80 Å². The van der Waals surface area contributed by atoms with Crippen LogP contribution in [0.15, 0.2) is 60.7 Å². The molecule has 0 bridgehead atoms. The third kappa shape index (κ3) is 4.93. The predicted molar refractivity (Wildman–Crippen MR) is 120 cm³/mol. The Kier molecular flexibility index (Phi) is 5.93. The average Bonchev–Trinajstić information content (AvgIpc) is 3.27. The van der Waals surface area contributed by atoms with Crippen molar-refractivity contribution in [2.75, 3.05) is 46.1 Å². The minimum absolute atomic E-state index is 0.301. The van der Waals surface area contributed by atoms with Gasteiger partial charge in [-0.1, -0.05) is 36.4 Å². The molecule has 0 amide bonds. The monoisotopic (exact) mass is 420 g/mol. The van der Waals surface area contributed by atoms with E-state index in [1.807, 2.05) is 30.3 Å². The highest BCUT2D eigenvalue weighted by atomic mass is 16.7. The normalized spacial score (nSPS) is 17.7. The van der Waals surface area contributed by atoms with Crippen LogP contribution >= 0.6 is 0 Å². The van der Waals surface area contributed by atoms with Gasteiger partial charge in [-0.05, 0) is 40.6 Å². The molecule has 162 valence electrons. The SMILES string of the molecule is O[C@@H](COc1ccc2ccccc2c1)CN1CCN(Cc2ccc3c(c2)OCO3)CC1. The van der Waals surface area contributed by atoms with Crippen LogP contribution < -0.4 is 14.2 Å². The molecule has 1 N–H and O–H groups in total. The van der Waals surface area contributed by atoms with Crippen molar-refractivity contribution in [3.05, 3.63) is 66.2 Å². The number of piperazine rings is 1. The summed E-state index contributed by atoms with van der Waals surface area (Å²) in [5.41, 5.74) is 1.24. The number of hydrogen-bond donors (Lipinski definition) is 1. The van der Waals surface area contributed by atoms with Crippen LogP contribution in [0.1, 0.15) is 5.56 Å². The smallest absolute Gasteiger partial charge is 0.231 e. The Hall–Kier alpha value is -2.80. The first-order chi connectivity index (χ1) is 15.2. The Balaban J connectivity index is 1.06. The van der Waals surface area contributed by atoms with Crippen molar-refractivity contribution < 1.29 is 19.3 Å². The van der Waals surface area contributed by atoms with Crippen LogP contribution in [-0.4, -0.2) is 67.1 Å². The first-order valence-electron chi connectivity index (χ1n) is 10.9. The standard InChI is InChI=1S/C25H28N2O4/c28-22(17-29-23-7-6-20-3-1-2-4-21(20)14-23)16-27-11-9-26(10-12-27)15-19-5-8-24-25(13-19)31-18-30-24/h1-8,13-14,22,28H,9-12,15-18H2/t22-/m1/s1. The maximum atomic E-state index is 10.5. The zero-order valence-electron chi connectivity index (χ0n) is 17.6. The molecule has 5 rings (SSSR count). The number of β-amino-alcohol motifs (C(OH)–C–C–N with tert-alkyl or cyclic N) is 1. The van der Waals surface area contributed by atoms with Crippen LogP contribution in [0.4, 0.5) is 0 Å². The molecular weight excluding hydrogens is 392 g/mol. The lowest BCUT2D eigenvalue weighted by Gasteiger charge is -2.35. The second kappa shape index (κ2) is 9.14. The van der Waals surface area contributed by atoms with Gasteiger partial charge in [0.1, 0.15) is 18.5 Å². The molecule has 3 aromatic carbocycles. The fourth-order valence-corrected chi connectivity index (χ4v) is 4.23. The van der Waals surface area contributed by atoms with Crippen LogP contribution in [0.3, 0.4) is 0 Å². The molecule has 3 aromatic rings. The number of fused-ring (bicyclic) bond motifs is 2. The Morgan fingerprint density at radius 1 is 0.839 bits per heavy atom. The largest absolute Gasteiger partial charge is 0.491 e. The van der Waals surface area contributed by atoms with Gasteiger partial charge in [-0.2, -0.15) is 0 Å². The summed E-state index contributed by atoms with van der Waals surface area (Å²) >= 11 is 0. The van der Waals surface area contributed by atoms with Gasteiger partial charge in [-0.15, -0.1) is 0 Å². The number of nitrogens with zero attached hydrogens (tertiary/aromatic N) is 2. The maximum absolute atomic E-state index is 10.5. The zero-order chi connectivity index (χ0) is 21.0. The van der Waals surface area contributed by atoms with E-state index in [2.05, 4.69) is 40.1 Å². The van der Waals surface area contributed by atoms with Crippen molar-refractivity contribution in [2.45, 2.75) is 12.6 Å². The van der Waals surface area contributed by atoms with E-state index in [-0.39, 0.29) is 0 Å². The number of aliphatic hydroxyl groups is 1. The van der Waals surface area contributed by atoms with Crippen molar-refractivity contribution in [3.63, 3.8) is 0 Å². The fraction of sp³-hybridized carbons (Fsp3) is 0.360. The van der Waals surface area contributed by atoms with E-state index in [1.165, 1.54) is 10.9 Å². The van der Waals surface area contributed by atoms with E-state index >= 15 is 0 Å². The zero-order valence-corrected chi connectivity index (χ0v) is 17.6. The number of aliphatic hydroxyl groups excluding tert-OH is 1.